The van der Waals surface area contributed by atoms with Crippen molar-refractivity contribution in [2.24, 2.45) is 0 Å². The van der Waals surface area contributed by atoms with Crippen molar-refractivity contribution in [3.05, 3.63) is 46.5 Å². The van der Waals surface area contributed by atoms with E-state index in [4.69, 9.17) is 4.74 Å². The quantitative estimate of drug-likeness (QED) is 0.902. The predicted octanol–water partition coefficient (Wildman–Crippen LogP) is 2.53. The first kappa shape index (κ1) is 12.4. The lowest BCUT2D eigenvalue weighted by Gasteiger charge is -2.14. The number of benzene rings is 1. The molecule has 0 aliphatic heterocycles. The second kappa shape index (κ2) is 5.04. The first-order valence-electron chi connectivity index (χ1n) is 5.90. The second-order valence-electron chi connectivity index (χ2n) is 4.41. The van der Waals surface area contributed by atoms with Crippen LogP contribution in [0.25, 0.3) is 11.3 Å². The Kier molecular flexibility index (Phi) is 3.46. The van der Waals surface area contributed by atoms with Crippen LogP contribution in [-0.2, 0) is 0 Å². The molecule has 0 fully saturated rings. The van der Waals surface area contributed by atoms with Crippen molar-refractivity contribution in [1.29, 1.82) is 0 Å². The van der Waals surface area contributed by atoms with Crippen LogP contribution in [0.2, 0.25) is 0 Å². The topological polar surface area (TPSA) is 55.0 Å². The first-order chi connectivity index (χ1) is 8.58. The summed E-state index contributed by atoms with van der Waals surface area (Å²) in [5.74, 6) is 0.762. The zero-order valence-corrected chi connectivity index (χ0v) is 10.7. The molecule has 0 saturated carbocycles. The number of rotatable bonds is 3. The van der Waals surface area contributed by atoms with Crippen LogP contribution in [-0.4, -0.2) is 16.1 Å². The highest BCUT2D eigenvalue weighted by Gasteiger charge is 2.10. The third-order valence-corrected chi connectivity index (χ3v) is 2.52. The molecule has 2 aromatic rings. The number of aromatic nitrogens is 2. The Morgan fingerprint density at radius 3 is 2.72 bits per heavy atom. The van der Waals surface area contributed by atoms with Gasteiger partial charge in [0.25, 0.3) is 0 Å². The molecule has 2 rings (SSSR count). The van der Waals surface area contributed by atoms with Crippen LogP contribution in [0.5, 0.6) is 5.75 Å². The number of nitrogens with zero attached hydrogens (tertiary/aromatic N) is 1. The standard InChI is InChI=1S/C14H16N2O2/c1-9(2)18-12-7-5-4-6-11(12)13-10(3)8-15-14(17)16-13/h4-9H,1-3H3,(H,15,16,17). The number of nitrogens with one attached hydrogen (secondary N) is 1. The van der Waals surface area contributed by atoms with Crippen molar-refractivity contribution in [2.45, 2.75) is 26.9 Å². The van der Waals surface area contributed by atoms with E-state index in [1.807, 2.05) is 45.0 Å². The van der Waals surface area contributed by atoms with Gasteiger partial charge >= 0.3 is 5.69 Å². The van der Waals surface area contributed by atoms with Gasteiger partial charge in [0.2, 0.25) is 0 Å². The molecule has 18 heavy (non-hydrogen) atoms. The zero-order chi connectivity index (χ0) is 13.1. The third kappa shape index (κ3) is 2.59. The monoisotopic (exact) mass is 244 g/mol. The highest BCUT2D eigenvalue weighted by atomic mass is 16.5. The molecule has 0 aliphatic carbocycles. The smallest absolute Gasteiger partial charge is 0.345 e. The van der Waals surface area contributed by atoms with E-state index < -0.39 is 0 Å². The van der Waals surface area contributed by atoms with Crippen molar-refractivity contribution in [3.63, 3.8) is 0 Å². The van der Waals surface area contributed by atoms with Gasteiger partial charge in [0, 0.05) is 11.8 Å². The minimum absolute atomic E-state index is 0.0833. The van der Waals surface area contributed by atoms with Gasteiger partial charge in [-0.25, -0.2) is 9.78 Å². The summed E-state index contributed by atoms with van der Waals surface area (Å²) in [5.41, 5.74) is 2.19. The number of H-pyrrole nitrogens is 1. The summed E-state index contributed by atoms with van der Waals surface area (Å²) in [5, 5.41) is 0. The summed E-state index contributed by atoms with van der Waals surface area (Å²) < 4.78 is 5.75. The average Bonchev–Trinajstić information content (AvgIpc) is 2.32. The van der Waals surface area contributed by atoms with Crippen LogP contribution in [0.1, 0.15) is 19.4 Å². The van der Waals surface area contributed by atoms with Crippen LogP contribution in [0.4, 0.5) is 0 Å². The van der Waals surface area contributed by atoms with Gasteiger partial charge in [0.1, 0.15) is 5.75 Å². The Morgan fingerprint density at radius 2 is 2.00 bits per heavy atom. The molecule has 0 saturated heterocycles. The molecule has 4 nitrogen and oxygen atoms in total. The maximum Gasteiger partial charge on any atom is 0.345 e. The Bertz CT molecular complexity index is 603. The van der Waals surface area contributed by atoms with Gasteiger partial charge in [-0.1, -0.05) is 12.1 Å². The molecule has 1 N–H and O–H groups in total. The van der Waals surface area contributed by atoms with Crippen molar-refractivity contribution in [3.8, 4) is 17.0 Å². The summed E-state index contributed by atoms with van der Waals surface area (Å²) in [6, 6.07) is 7.65. The second-order valence-corrected chi connectivity index (χ2v) is 4.41. The number of aromatic amines is 1. The van der Waals surface area contributed by atoms with Crippen molar-refractivity contribution < 1.29 is 4.74 Å². The summed E-state index contributed by atoms with van der Waals surface area (Å²) in [6.45, 7) is 5.85. The summed E-state index contributed by atoms with van der Waals surface area (Å²) in [4.78, 5) is 17.8. The van der Waals surface area contributed by atoms with Crippen LogP contribution < -0.4 is 10.4 Å². The number of ether oxygens (including phenoxy) is 1. The van der Waals surface area contributed by atoms with Crippen LogP contribution >= 0.6 is 0 Å². The lowest BCUT2D eigenvalue weighted by molar-refractivity contribution is 0.243. The van der Waals surface area contributed by atoms with Crippen molar-refractivity contribution in [1.82, 2.24) is 9.97 Å². The van der Waals surface area contributed by atoms with Gasteiger partial charge in [-0.3, -0.25) is 0 Å². The minimum atomic E-state index is -0.352. The van der Waals surface area contributed by atoms with E-state index in [9.17, 15) is 4.79 Å². The van der Waals surface area contributed by atoms with Crippen molar-refractivity contribution in [2.75, 3.05) is 0 Å². The fraction of sp³-hybridized carbons (Fsp3) is 0.286. The van der Waals surface area contributed by atoms with E-state index in [0.29, 0.717) is 0 Å². The number of hydrogen-bond acceptors (Lipinski definition) is 3. The molecule has 0 amide bonds. The molecule has 0 radical (unpaired) electrons. The Morgan fingerprint density at radius 1 is 1.28 bits per heavy atom. The molecular weight excluding hydrogens is 228 g/mol. The molecule has 0 aliphatic rings. The molecule has 1 aromatic heterocycles. The van der Waals surface area contributed by atoms with Gasteiger partial charge in [-0.05, 0) is 38.5 Å². The Hall–Kier alpha value is -2.10. The third-order valence-electron chi connectivity index (χ3n) is 2.52. The minimum Gasteiger partial charge on any atom is -0.490 e. The summed E-state index contributed by atoms with van der Waals surface area (Å²) in [6.07, 6.45) is 1.65. The molecular formula is C14H16N2O2. The fourth-order valence-corrected chi connectivity index (χ4v) is 1.77. The van der Waals surface area contributed by atoms with E-state index in [2.05, 4.69) is 9.97 Å². The molecule has 1 heterocycles. The number of aryl methyl sites for hydroxylation is 1. The average molecular weight is 244 g/mol. The predicted molar refractivity (Wildman–Crippen MR) is 70.8 cm³/mol. The Balaban J connectivity index is 2.56. The van der Waals surface area contributed by atoms with E-state index in [1.54, 1.807) is 6.20 Å². The van der Waals surface area contributed by atoms with Crippen molar-refractivity contribution >= 4 is 0 Å². The summed E-state index contributed by atoms with van der Waals surface area (Å²) >= 11 is 0. The van der Waals surface area contributed by atoms with Gasteiger partial charge in [-0.15, -0.1) is 0 Å². The molecule has 1 aromatic carbocycles. The molecule has 0 bridgehead atoms. The molecule has 0 unspecified atom stereocenters. The van der Waals surface area contributed by atoms with Gasteiger partial charge in [0.05, 0.1) is 11.8 Å². The molecule has 0 spiro atoms. The highest BCUT2D eigenvalue weighted by Crippen LogP contribution is 2.30. The van der Waals surface area contributed by atoms with E-state index in [-0.39, 0.29) is 11.8 Å². The fourth-order valence-electron chi connectivity index (χ4n) is 1.77. The lowest BCUT2D eigenvalue weighted by Crippen LogP contribution is -2.12. The van der Waals surface area contributed by atoms with E-state index in [1.165, 1.54) is 0 Å². The SMILES string of the molecule is Cc1cnc(=O)[nH]c1-c1ccccc1OC(C)C. The highest BCUT2D eigenvalue weighted by molar-refractivity contribution is 5.69. The van der Waals surface area contributed by atoms with Crippen LogP contribution in [0.3, 0.4) is 0 Å². The van der Waals surface area contributed by atoms with E-state index >= 15 is 0 Å². The lowest BCUT2D eigenvalue weighted by atomic mass is 10.1. The largest absolute Gasteiger partial charge is 0.490 e. The molecule has 4 heteroatoms. The first-order valence-corrected chi connectivity index (χ1v) is 5.90. The van der Waals surface area contributed by atoms with Crippen LogP contribution in [0.15, 0.2) is 35.3 Å². The maximum atomic E-state index is 11.3. The Labute approximate surface area is 106 Å². The van der Waals surface area contributed by atoms with E-state index in [0.717, 1.165) is 22.6 Å². The molecule has 94 valence electrons. The molecule has 0 atom stereocenters. The van der Waals surface area contributed by atoms with Gasteiger partial charge in [0.15, 0.2) is 0 Å². The zero-order valence-electron chi connectivity index (χ0n) is 10.7. The summed E-state index contributed by atoms with van der Waals surface area (Å²) in [7, 11) is 0. The maximum absolute atomic E-state index is 11.3. The normalized spacial score (nSPS) is 10.7. The number of hydrogen-bond donors (Lipinski definition) is 1. The van der Waals surface area contributed by atoms with Gasteiger partial charge in [-0.2, -0.15) is 0 Å². The van der Waals surface area contributed by atoms with Crippen LogP contribution in [0, 0.1) is 6.92 Å². The number of para-hydroxylation sites is 1. The van der Waals surface area contributed by atoms with Gasteiger partial charge < -0.3 is 9.72 Å².